The van der Waals surface area contributed by atoms with Crippen LogP contribution < -0.4 is 4.18 Å². The van der Waals surface area contributed by atoms with Gasteiger partial charge in [-0.3, -0.25) is 4.79 Å². The largest absolute Gasteiger partial charge is 0.383 e. The molecule has 0 radical (unpaired) electrons. The van der Waals surface area contributed by atoms with Crippen molar-refractivity contribution in [2.24, 2.45) is 0 Å². The monoisotopic (exact) mass is 354 g/mol. The molecule has 104 valence electrons. The molecule has 0 N–H and O–H groups in total. The Labute approximate surface area is 125 Å². The zero-order valence-electron chi connectivity index (χ0n) is 10.5. The number of carbonyl (C=O) groups is 1. The van der Waals surface area contributed by atoms with Crippen LogP contribution in [0, 0.1) is 0 Å². The van der Waals surface area contributed by atoms with Crippen molar-refractivity contribution >= 4 is 31.8 Å². The molecule has 2 aromatic rings. The van der Waals surface area contributed by atoms with Gasteiger partial charge in [0.05, 0.1) is 6.26 Å². The molecule has 0 spiro atoms. The molecule has 0 aliphatic rings. The van der Waals surface area contributed by atoms with Gasteiger partial charge in [0, 0.05) is 15.6 Å². The van der Waals surface area contributed by atoms with Crippen LogP contribution in [-0.4, -0.2) is 20.5 Å². The summed E-state index contributed by atoms with van der Waals surface area (Å²) in [6.07, 6.45) is 0.966. The summed E-state index contributed by atoms with van der Waals surface area (Å²) in [6.45, 7) is 0. The summed E-state index contributed by atoms with van der Waals surface area (Å²) in [6, 6.07) is 13.0. The molecule has 2 rings (SSSR count). The first kappa shape index (κ1) is 14.7. The van der Waals surface area contributed by atoms with E-state index in [4.69, 9.17) is 4.18 Å². The van der Waals surface area contributed by atoms with Crippen LogP contribution in [-0.2, 0) is 10.1 Å². The summed E-state index contributed by atoms with van der Waals surface area (Å²) in [5.74, 6) is 0.0447. The molecule has 0 unspecified atom stereocenters. The summed E-state index contributed by atoms with van der Waals surface area (Å²) in [5.41, 5.74) is 1.03. The molecule has 0 atom stereocenters. The molecular formula is C14H11BrO4S. The fourth-order valence-corrected chi connectivity index (χ4v) is 2.33. The third-order valence-corrected chi connectivity index (χ3v) is 3.49. The normalized spacial score (nSPS) is 11.1. The van der Waals surface area contributed by atoms with Crippen molar-refractivity contribution in [2.45, 2.75) is 0 Å². The predicted molar refractivity (Wildman–Crippen MR) is 79.5 cm³/mol. The van der Waals surface area contributed by atoms with E-state index in [0.29, 0.717) is 11.1 Å². The summed E-state index contributed by atoms with van der Waals surface area (Å²) < 4.78 is 27.6. The van der Waals surface area contributed by atoms with Crippen LogP contribution in [0.4, 0.5) is 0 Å². The highest BCUT2D eigenvalue weighted by Gasteiger charge is 2.10. The minimum absolute atomic E-state index is 0.136. The number of hydrogen-bond acceptors (Lipinski definition) is 4. The maximum atomic E-state index is 12.2. The predicted octanol–water partition coefficient (Wildman–Crippen LogP) is 3.02. The van der Waals surface area contributed by atoms with E-state index < -0.39 is 10.1 Å². The topological polar surface area (TPSA) is 60.4 Å². The average Bonchev–Trinajstić information content (AvgIpc) is 2.38. The lowest BCUT2D eigenvalue weighted by molar-refractivity contribution is 0.103. The minimum Gasteiger partial charge on any atom is -0.383 e. The van der Waals surface area contributed by atoms with E-state index in [2.05, 4.69) is 15.9 Å². The molecule has 0 aliphatic carbocycles. The van der Waals surface area contributed by atoms with Crippen molar-refractivity contribution < 1.29 is 17.4 Å². The molecule has 0 aromatic heterocycles. The Morgan fingerprint density at radius 2 is 1.40 bits per heavy atom. The Morgan fingerprint density at radius 1 is 0.950 bits per heavy atom. The molecular weight excluding hydrogens is 344 g/mol. The van der Waals surface area contributed by atoms with Crippen LogP contribution in [0.25, 0.3) is 0 Å². The van der Waals surface area contributed by atoms with Crippen molar-refractivity contribution in [1.82, 2.24) is 0 Å². The summed E-state index contributed by atoms with van der Waals surface area (Å²) in [4.78, 5) is 12.2. The molecule has 6 heteroatoms. The Hall–Kier alpha value is -1.66. The maximum absolute atomic E-state index is 12.2. The Bertz CT molecular complexity index is 719. The van der Waals surface area contributed by atoms with Crippen LogP contribution in [0.3, 0.4) is 0 Å². The molecule has 0 aliphatic heterocycles. The van der Waals surface area contributed by atoms with E-state index >= 15 is 0 Å². The number of carbonyl (C=O) groups excluding carboxylic acids is 1. The lowest BCUT2D eigenvalue weighted by Gasteiger charge is -2.04. The van der Waals surface area contributed by atoms with Crippen LogP contribution >= 0.6 is 15.9 Å². The highest BCUT2D eigenvalue weighted by molar-refractivity contribution is 9.10. The van der Waals surface area contributed by atoms with Gasteiger partial charge in [-0.2, -0.15) is 8.42 Å². The number of ketones is 1. The standard InChI is InChI=1S/C14H11BrO4S/c1-20(17,18)19-13-8-4-11(5-9-13)14(16)10-2-6-12(15)7-3-10/h2-9H,1H3. The van der Waals surface area contributed by atoms with E-state index in [0.717, 1.165) is 10.7 Å². The first-order valence-electron chi connectivity index (χ1n) is 5.65. The second-order valence-electron chi connectivity index (χ2n) is 4.15. The van der Waals surface area contributed by atoms with Crippen LogP contribution in [0.1, 0.15) is 15.9 Å². The highest BCUT2D eigenvalue weighted by atomic mass is 79.9. The summed E-state index contributed by atoms with van der Waals surface area (Å²) in [5, 5.41) is 0. The SMILES string of the molecule is CS(=O)(=O)Oc1ccc(C(=O)c2ccc(Br)cc2)cc1. The van der Waals surface area contributed by atoms with Gasteiger partial charge in [0.25, 0.3) is 0 Å². The fourth-order valence-electron chi connectivity index (χ4n) is 1.60. The molecule has 0 bridgehead atoms. The van der Waals surface area contributed by atoms with Gasteiger partial charge in [-0.25, -0.2) is 0 Å². The number of benzene rings is 2. The van der Waals surface area contributed by atoms with Crippen LogP contribution in [0.2, 0.25) is 0 Å². The quantitative estimate of drug-likeness (QED) is 0.625. The van der Waals surface area contributed by atoms with Crippen LogP contribution in [0.15, 0.2) is 53.0 Å². The number of rotatable bonds is 4. The van der Waals surface area contributed by atoms with Crippen molar-refractivity contribution in [3.8, 4) is 5.75 Å². The van der Waals surface area contributed by atoms with Gasteiger partial charge in [-0.15, -0.1) is 0 Å². The van der Waals surface area contributed by atoms with Gasteiger partial charge in [0.2, 0.25) is 0 Å². The average molecular weight is 355 g/mol. The second-order valence-corrected chi connectivity index (χ2v) is 6.64. The molecule has 20 heavy (non-hydrogen) atoms. The van der Waals surface area contributed by atoms with E-state index in [1.54, 1.807) is 24.3 Å². The molecule has 0 saturated heterocycles. The van der Waals surface area contributed by atoms with Crippen molar-refractivity contribution in [1.29, 1.82) is 0 Å². The molecule has 0 amide bonds. The van der Waals surface area contributed by atoms with Crippen LogP contribution in [0.5, 0.6) is 5.75 Å². The minimum atomic E-state index is -3.56. The lowest BCUT2D eigenvalue weighted by atomic mass is 10.0. The molecule has 0 heterocycles. The van der Waals surface area contributed by atoms with Gasteiger partial charge >= 0.3 is 10.1 Å². The zero-order chi connectivity index (χ0) is 14.8. The molecule has 0 fully saturated rings. The van der Waals surface area contributed by atoms with Gasteiger partial charge in [0.1, 0.15) is 5.75 Å². The molecule has 0 saturated carbocycles. The third kappa shape index (κ3) is 3.91. The van der Waals surface area contributed by atoms with Gasteiger partial charge in [-0.05, 0) is 48.5 Å². The smallest absolute Gasteiger partial charge is 0.306 e. The first-order valence-corrected chi connectivity index (χ1v) is 8.26. The number of hydrogen-bond donors (Lipinski definition) is 0. The van der Waals surface area contributed by atoms with Gasteiger partial charge < -0.3 is 4.18 Å². The summed E-state index contributed by atoms with van der Waals surface area (Å²) >= 11 is 3.30. The van der Waals surface area contributed by atoms with Gasteiger partial charge in [-0.1, -0.05) is 15.9 Å². The molecule has 4 nitrogen and oxygen atoms in total. The number of halogens is 1. The zero-order valence-corrected chi connectivity index (χ0v) is 12.9. The fraction of sp³-hybridized carbons (Fsp3) is 0.0714. The van der Waals surface area contributed by atoms with Crippen molar-refractivity contribution in [3.63, 3.8) is 0 Å². The highest BCUT2D eigenvalue weighted by Crippen LogP contribution is 2.18. The third-order valence-electron chi connectivity index (χ3n) is 2.47. The summed E-state index contributed by atoms with van der Waals surface area (Å²) in [7, 11) is -3.56. The van der Waals surface area contributed by atoms with Crippen molar-refractivity contribution in [2.75, 3.05) is 6.26 Å². The van der Waals surface area contributed by atoms with E-state index in [9.17, 15) is 13.2 Å². The first-order chi connectivity index (χ1) is 9.35. The molecule has 2 aromatic carbocycles. The Balaban J connectivity index is 2.21. The second kappa shape index (κ2) is 5.76. The Morgan fingerprint density at radius 3 is 1.85 bits per heavy atom. The lowest BCUT2D eigenvalue weighted by Crippen LogP contribution is -2.06. The van der Waals surface area contributed by atoms with Crippen molar-refractivity contribution in [3.05, 3.63) is 64.1 Å². The van der Waals surface area contributed by atoms with E-state index in [1.165, 1.54) is 24.3 Å². The van der Waals surface area contributed by atoms with Gasteiger partial charge in [0.15, 0.2) is 5.78 Å². The Kier molecular flexibility index (Phi) is 4.25. The van der Waals surface area contributed by atoms with E-state index in [1.807, 2.05) is 0 Å². The maximum Gasteiger partial charge on any atom is 0.306 e. The van der Waals surface area contributed by atoms with E-state index in [-0.39, 0.29) is 11.5 Å².